The molecule has 1 heterocycles. The lowest BCUT2D eigenvalue weighted by Crippen LogP contribution is -2.31. The molecule has 1 fully saturated rings. The first-order valence-corrected chi connectivity index (χ1v) is 7.62. The zero-order valence-electron chi connectivity index (χ0n) is 11.7. The first-order valence-electron chi connectivity index (χ1n) is 6.57. The normalized spacial score (nSPS) is 18.6. The molecule has 1 atom stereocenters. The van der Waals surface area contributed by atoms with Crippen LogP contribution in [0.2, 0.25) is 0 Å². The van der Waals surface area contributed by atoms with Gasteiger partial charge in [0.25, 0.3) is 0 Å². The summed E-state index contributed by atoms with van der Waals surface area (Å²) >= 11 is 1.02. The molecular formula is C14H12F3NO4S. The van der Waals surface area contributed by atoms with E-state index < -0.39 is 34.8 Å². The predicted octanol–water partition coefficient (Wildman–Crippen LogP) is 2.55. The Hall–Kier alpha value is -2.03. The summed E-state index contributed by atoms with van der Waals surface area (Å²) < 4.78 is 38.2. The monoisotopic (exact) mass is 347 g/mol. The van der Waals surface area contributed by atoms with Crippen molar-refractivity contribution in [2.45, 2.75) is 24.3 Å². The van der Waals surface area contributed by atoms with Crippen LogP contribution in [0.25, 0.3) is 0 Å². The third-order valence-electron chi connectivity index (χ3n) is 3.17. The first-order chi connectivity index (χ1) is 10.7. The standard InChI is InChI=1S/C14H12F3NO4S/c15-14(16,17)8-2-1-3-9(6-8)18-11(19)7-10(13(18)22)23-5-4-12(20)21/h1-3,6,10H,4-5,7H2,(H,20,21)/t10-/m0/s1. The molecule has 1 aromatic carbocycles. The maximum atomic E-state index is 12.7. The minimum atomic E-state index is -4.57. The van der Waals surface area contributed by atoms with E-state index in [1.807, 2.05) is 0 Å². The van der Waals surface area contributed by atoms with Gasteiger partial charge in [-0.3, -0.25) is 14.4 Å². The Balaban J connectivity index is 2.16. The molecule has 2 rings (SSSR count). The number of halogens is 3. The number of anilines is 1. The Morgan fingerprint density at radius 3 is 2.65 bits per heavy atom. The quantitative estimate of drug-likeness (QED) is 0.829. The van der Waals surface area contributed by atoms with Gasteiger partial charge in [0, 0.05) is 12.2 Å². The summed E-state index contributed by atoms with van der Waals surface area (Å²) in [7, 11) is 0. The number of carbonyl (C=O) groups excluding carboxylic acids is 2. The highest BCUT2D eigenvalue weighted by molar-refractivity contribution is 8.00. The van der Waals surface area contributed by atoms with Gasteiger partial charge in [-0.15, -0.1) is 11.8 Å². The van der Waals surface area contributed by atoms with Gasteiger partial charge in [-0.1, -0.05) is 6.07 Å². The number of amides is 2. The number of hydrogen-bond acceptors (Lipinski definition) is 4. The summed E-state index contributed by atoms with van der Waals surface area (Å²) in [4.78, 5) is 35.3. The summed E-state index contributed by atoms with van der Waals surface area (Å²) in [5, 5.41) is 7.79. The van der Waals surface area contributed by atoms with Gasteiger partial charge in [-0.25, -0.2) is 4.90 Å². The molecule has 23 heavy (non-hydrogen) atoms. The van der Waals surface area contributed by atoms with E-state index >= 15 is 0 Å². The van der Waals surface area contributed by atoms with Gasteiger partial charge >= 0.3 is 12.1 Å². The molecular weight excluding hydrogens is 335 g/mol. The Morgan fingerprint density at radius 2 is 2.04 bits per heavy atom. The number of rotatable bonds is 5. The van der Waals surface area contributed by atoms with Gasteiger partial charge in [0.1, 0.15) is 0 Å². The second-order valence-electron chi connectivity index (χ2n) is 4.82. The van der Waals surface area contributed by atoms with Crippen molar-refractivity contribution in [1.82, 2.24) is 0 Å². The number of nitrogens with zero attached hydrogens (tertiary/aromatic N) is 1. The van der Waals surface area contributed by atoms with Crippen LogP contribution in [0.3, 0.4) is 0 Å². The zero-order valence-corrected chi connectivity index (χ0v) is 12.5. The minimum absolute atomic E-state index is 0.129. The summed E-state index contributed by atoms with van der Waals surface area (Å²) in [6.45, 7) is 0. The first kappa shape index (κ1) is 17.3. The van der Waals surface area contributed by atoms with Gasteiger partial charge in [-0.2, -0.15) is 13.2 Å². The number of imide groups is 1. The van der Waals surface area contributed by atoms with E-state index in [-0.39, 0.29) is 24.3 Å². The van der Waals surface area contributed by atoms with Crippen LogP contribution >= 0.6 is 11.8 Å². The van der Waals surface area contributed by atoms with E-state index in [2.05, 4.69) is 0 Å². The van der Waals surface area contributed by atoms with Crippen molar-refractivity contribution >= 4 is 35.2 Å². The Kier molecular flexibility index (Phi) is 4.98. The van der Waals surface area contributed by atoms with Gasteiger partial charge in [0.05, 0.1) is 22.9 Å². The number of benzene rings is 1. The van der Waals surface area contributed by atoms with E-state index in [1.165, 1.54) is 6.07 Å². The van der Waals surface area contributed by atoms with Crippen LogP contribution in [0.5, 0.6) is 0 Å². The minimum Gasteiger partial charge on any atom is -0.481 e. The molecule has 5 nitrogen and oxygen atoms in total. The van der Waals surface area contributed by atoms with Crippen LogP contribution in [0.1, 0.15) is 18.4 Å². The molecule has 0 unspecified atom stereocenters. The Morgan fingerprint density at radius 1 is 1.35 bits per heavy atom. The molecule has 0 aliphatic carbocycles. The fourth-order valence-corrected chi connectivity index (χ4v) is 3.20. The maximum absolute atomic E-state index is 12.7. The van der Waals surface area contributed by atoms with Crippen LogP contribution < -0.4 is 4.90 Å². The molecule has 124 valence electrons. The van der Waals surface area contributed by atoms with Crippen LogP contribution in [0.15, 0.2) is 24.3 Å². The molecule has 1 saturated heterocycles. The van der Waals surface area contributed by atoms with Crippen molar-refractivity contribution in [3.8, 4) is 0 Å². The number of carbonyl (C=O) groups is 3. The number of alkyl halides is 3. The van der Waals surface area contributed by atoms with Crippen molar-refractivity contribution in [1.29, 1.82) is 0 Å². The molecule has 0 radical (unpaired) electrons. The van der Waals surface area contributed by atoms with Crippen LogP contribution in [-0.2, 0) is 20.6 Å². The topological polar surface area (TPSA) is 74.7 Å². The van der Waals surface area contributed by atoms with Crippen LogP contribution in [0.4, 0.5) is 18.9 Å². The second-order valence-corrected chi connectivity index (χ2v) is 6.13. The summed E-state index contributed by atoms with van der Waals surface area (Å²) in [5.74, 6) is -2.09. The lowest BCUT2D eigenvalue weighted by molar-refractivity contribution is -0.138. The van der Waals surface area contributed by atoms with E-state index in [0.29, 0.717) is 0 Å². The number of carboxylic acid groups (broad SMARTS) is 1. The van der Waals surface area contributed by atoms with Gasteiger partial charge in [0.2, 0.25) is 11.8 Å². The van der Waals surface area contributed by atoms with E-state index in [4.69, 9.17) is 5.11 Å². The molecule has 0 spiro atoms. The van der Waals surface area contributed by atoms with Crippen molar-refractivity contribution in [3.05, 3.63) is 29.8 Å². The molecule has 1 aromatic rings. The summed E-state index contributed by atoms with van der Waals surface area (Å²) in [6, 6.07) is 3.99. The van der Waals surface area contributed by atoms with Crippen molar-refractivity contribution in [2.75, 3.05) is 10.7 Å². The maximum Gasteiger partial charge on any atom is 0.416 e. The number of hydrogen-bond donors (Lipinski definition) is 1. The Labute approximate surface area is 133 Å². The van der Waals surface area contributed by atoms with Crippen LogP contribution in [-0.4, -0.2) is 33.9 Å². The van der Waals surface area contributed by atoms with Crippen LogP contribution in [0, 0.1) is 0 Å². The second kappa shape index (κ2) is 6.61. The molecule has 1 aliphatic rings. The van der Waals surface area contributed by atoms with Gasteiger partial charge in [-0.05, 0) is 18.2 Å². The molecule has 0 bridgehead atoms. The largest absolute Gasteiger partial charge is 0.481 e. The Bertz CT molecular complexity index is 647. The zero-order chi connectivity index (χ0) is 17.2. The molecule has 1 aliphatic heterocycles. The lowest BCUT2D eigenvalue weighted by atomic mass is 10.2. The van der Waals surface area contributed by atoms with Crippen molar-refractivity contribution in [3.63, 3.8) is 0 Å². The highest BCUT2D eigenvalue weighted by Gasteiger charge is 2.40. The molecule has 9 heteroatoms. The summed E-state index contributed by atoms with van der Waals surface area (Å²) in [6.07, 6.45) is -4.89. The van der Waals surface area contributed by atoms with E-state index in [1.54, 1.807) is 0 Å². The van der Waals surface area contributed by atoms with E-state index in [0.717, 1.165) is 34.9 Å². The average Bonchev–Trinajstić information content (AvgIpc) is 2.72. The number of carboxylic acids is 1. The third kappa shape index (κ3) is 4.04. The van der Waals surface area contributed by atoms with Gasteiger partial charge < -0.3 is 5.11 Å². The average molecular weight is 347 g/mol. The predicted molar refractivity (Wildman–Crippen MR) is 77.1 cm³/mol. The smallest absolute Gasteiger partial charge is 0.416 e. The van der Waals surface area contributed by atoms with Crippen molar-refractivity contribution in [2.24, 2.45) is 0 Å². The molecule has 1 N–H and O–H groups in total. The van der Waals surface area contributed by atoms with E-state index in [9.17, 15) is 27.6 Å². The molecule has 2 amide bonds. The number of aliphatic carboxylic acids is 1. The fraction of sp³-hybridized carbons (Fsp3) is 0.357. The third-order valence-corrected chi connectivity index (χ3v) is 4.38. The lowest BCUT2D eigenvalue weighted by Gasteiger charge is -2.16. The fourth-order valence-electron chi connectivity index (χ4n) is 2.12. The summed E-state index contributed by atoms with van der Waals surface area (Å²) in [5.41, 5.74) is -1.08. The van der Waals surface area contributed by atoms with Crippen molar-refractivity contribution < 1.29 is 32.7 Å². The molecule has 0 aromatic heterocycles. The highest BCUT2D eigenvalue weighted by atomic mass is 32.2. The highest BCUT2D eigenvalue weighted by Crippen LogP contribution is 2.34. The molecule has 0 saturated carbocycles. The SMILES string of the molecule is O=C(O)CCS[C@H]1CC(=O)N(c2cccc(C(F)(F)F)c2)C1=O. The number of thioether (sulfide) groups is 1. The van der Waals surface area contributed by atoms with Gasteiger partial charge in [0.15, 0.2) is 0 Å².